The summed E-state index contributed by atoms with van der Waals surface area (Å²) in [5, 5.41) is 4.80. The summed E-state index contributed by atoms with van der Waals surface area (Å²) in [7, 11) is 2.84. The van der Waals surface area contributed by atoms with Gasteiger partial charge in [0, 0.05) is 25.2 Å². The zero-order valence-corrected chi connectivity index (χ0v) is 11.8. The van der Waals surface area contributed by atoms with E-state index in [9.17, 15) is 19.2 Å². The molecule has 0 saturated carbocycles. The first-order valence-corrected chi connectivity index (χ1v) is 5.97. The molecular weight excluding hydrogens is 260 g/mol. The SMILES string of the molecule is CNC(=O)c1cc(C(=O)NC)c(C(C)=O)cc1C(C)=O. The van der Waals surface area contributed by atoms with Gasteiger partial charge in [-0.25, -0.2) is 0 Å². The molecule has 0 bridgehead atoms. The quantitative estimate of drug-likeness (QED) is 0.796. The molecule has 0 aliphatic heterocycles. The molecule has 0 saturated heterocycles. The van der Waals surface area contributed by atoms with E-state index in [4.69, 9.17) is 0 Å². The van der Waals surface area contributed by atoms with E-state index >= 15 is 0 Å². The van der Waals surface area contributed by atoms with Crippen LogP contribution in [-0.2, 0) is 0 Å². The maximum absolute atomic E-state index is 11.8. The van der Waals surface area contributed by atoms with Gasteiger partial charge in [0.25, 0.3) is 11.8 Å². The van der Waals surface area contributed by atoms with Crippen LogP contribution >= 0.6 is 0 Å². The Labute approximate surface area is 116 Å². The fraction of sp³-hybridized carbons (Fsp3) is 0.286. The second kappa shape index (κ2) is 6.10. The van der Waals surface area contributed by atoms with Crippen LogP contribution in [0.2, 0.25) is 0 Å². The molecule has 0 aromatic heterocycles. The van der Waals surface area contributed by atoms with Crippen LogP contribution in [0, 0.1) is 0 Å². The van der Waals surface area contributed by atoms with Crippen molar-refractivity contribution in [2.24, 2.45) is 0 Å². The van der Waals surface area contributed by atoms with Gasteiger partial charge in [-0.3, -0.25) is 19.2 Å². The minimum Gasteiger partial charge on any atom is -0.355 e. The van der Waals surface area contributed by atoms with Crippen molar-refractivity contribution in [3.63, 3.8) is 0 Å². The lowest BCUT2D eigenvalue weighted by Gasteiger charge is -2.12. The highest BCUT2D eigenvalue weighted by Crippen LogP contribution is 2.19. The highest BCUT2D eigenvalue weighted by Gasteiger charge is 2.22. The van der Waals surface area contributed by atoms with Crippen molar-refractivity contribution in [1.29, 1.82) is 0 Å². The van der Waals surface area contributed by atoms with E-state index in [1.807, 2.05) is 0 Å². The van der Waals surface area contributed by atoms with Crippen LogP contribution in [0.4, 0.5) is 0 Å². The van der Waals surface area contributed by atoms with E-state index < -0.39 is 11.8 Å². The average molecular weight is 276 g/mol. The van der Waals surface area contributed by atoms with Crippen molar-refractivity contribution < 1.29 is 19.2 Å². The van der Waals surface area contributed by atoms with Crippen molar-refractivity contribution in [3.05, 3.63) is 34.4 Å². The normalized spacial score (nSPS) is 9.80. The predicted octanol–water partition coefficient (Wildman–Crippen LogP) is 0.811. The van der Waals surface area contributed by atoms with Crippen molar-refractivity contribution in [2.75, 3.05) is 14.1 Å². The summed E-state index contributed by atoms with van der Waals surface area (Å²) in [5.41, 5.74) is 0.372. The van der Waals surface area contributed by atoms with Gasteiger partial charge in [0.15, 0.2) is 11.6 Å². The van der Waals surface area contributed by atoms with Gasteiger partial charge in [-0.05, 0) is 26.0 Å². The van der Waals surface area contributed by atoms with E-state index in [0.717, 1.165) is 0 Å². The van der Waals surface area contributed by atoms with E-state index in [1.165, 1.54) is 40.1 Å². The Hall–Kier alpha value is -2.50. The van der Waals surface area contributed by atoms with Gasteiger partial charge >= 0.3 is 0 Å². The number of carbonyl (C=O) groups excluding carboxylic acids is 4. The molecule has 1 aromatic carbocycles. The number of Topliss-reactive ketones (excluding diaryl/α,β-unsaturated/α-hetero) is 2. The molecule has 1 aromatic rings. The second-order valence-corrected chi connectivity index (χ2v) is 4.21. The summed E-state index contributed by atoms with van der Waals surface area (Å²) in [6, 6.07) is 2.56. The monoisotopic (exact) mass is 276 g/mol. The molecule has 6 nitrogen and oxygen atoms in total. The van der Waals surface area contributed by atoms with E-state index in [-0.39, 0.29) is 33.8 Å². The van der Waals surface area contributed by atoms with Gasteiger partial charge in [-0.2, -0.15) is 0 Å². The average Bonchev–Trinajstić information content (AvgIpc) is 2.43. The number of ketones is 2. The zero-order valence-electron chi connectivity index (χ0n) is 11.8. The number of hydrogen-bond donors (Lipinski definition) is 2. The molecule has 2 amide bonds. The van der Waals surface area contributed by atoms with Gasteiger partial charge < -0.3 is 10.6 Å². The molecule has 20 heavy (non-hydrogen) atoms. The topological polar surface area (TPSA) is 92.3 Å². The Morgan fingerprint density at radius 2 is 1.00 bits per heavy atom. The number of rotatable bonds is 4. The molecule has 106 valence electrons. The summed E-state index contributed by atoms with van der Waals surface area (Å²) in [6.07, 6.45) is 0. The van der Waals surface area contributed by atoms with Crippen LogP contribution in [0.15, 0.2) is 12.1 Å². The smallest absolute Gasteiger partial charge is 0.251 e. The lowest BCUT2D eigenvalue weighted by Crippen LogP contribution is -2.25. The molecule has 0 fully saturated rings. The maximum Gasteiger partial charge on any atom is 0.251 e. The molecule has 0 radical (unpaired) electrons. The van der Waals surface area contributed by atoms with Crippen molar-refractivity contribution in [3.8, 4) is 0 Å². The van der Waals surface area contributed by atoms with Crippen molar-refractivity contribution in [1.82, 2.24) is 10.6 Å². The molecule has 2 N–H and O–H groups in total. The van der Waals surface area contributed by atoms with E-state index in [0.29, 0.717) is 0 Å². The van der Waals surface area contributed by atoms with Gasteiger partial charge in [-0.15, -0.1) is 0 Å². The lowest BCUT2D eigenvalue weighted by molar-refractivity contribution is 0.0937. The molecule has 0 heterocycles. The molecule has 0 spiro atoms. The van der Waals surface area contributed by atoms with Crippen molar-refractivity contribution in [2.45, 2.75) is 13.8 Å². The summed E-state index contributed by atoms with van der Waals surface area (Å²) in [4.78, 5) is 46.8. The molecule has 6 heteroatoms. The standard InChI is InChI=1S/C14H16N2O4/c1-7(17)9-5-10(8(2)18)12(14(20)16-4)6-11(9)13(19)15-3/h5-6H,1-4H3,(H,15,19)(H,16,20). The number of amides is 2. The van der Waals surface area contributed by atoms with Gasteiger partial charge in [0.1, 0.15) is 0 Å². The maximum atomic E-state index is 11.8. The molecular formula is C14H16N2O4. The predicted molar refractivity (Wildman–Crippen MR) is 73.2 cm³/mol. The first-order valence-electron chi connectivity index (χ1n) is 5.97. The van der Waals surface area contributed by atoms with Crippen LogP contribution in [-0.4, -0.2) is 37.5 Å². The van der Waals surface area contributed by atoms with Crippen LogP contribution in [0.3, 0.4) is 0 Å². The Kier molecular flexibility index (Phi) is 4.74. The van der Waals surface area contributed by atoms with Crippen LogP contribution in [0.1, 0.15) is 55.3 Å². The summed E-state index contributed by atoms with van der Waals surface area (Å²) in [5.74, 6) is -1.69. The molecule has 0 aliphatic rings. The minimum atomic E-state index is -0.490. The number of hydrogen-bond acceptors (Lipinski definition) is 4. The molecule has 0 aliphatic carbocycles. The van der Waals surface area contributed by atoms with Crippen molar-refractivity contribution >= 4 is 23.4 Å². The Morgan fingerprint density at radius 3 is 1.25 bits per heavy atom. The minimum absolute atomic E-state index is 0.0728. The molecule has 0 unspecified atom stereocenters. The third-order valence-electron chi connectivity index (χ3n) is 2.86. The summed E-state index contributed by atoms with van der Waals surface area (Å²) < 4.78 is 0. The largest absolute Gasteiger partial charge is 0.355 e. The van der Waals surface area contributed by atoms with Crippen LogP contribution < -0.4 is 10.6 Å². The highest BCUT2D eigenvalue weighted by atomic mass is 16.2. The fourth-order valence-corrected chi connectivity index (χ4v) is 1.83. The molecule has 0 atom stereocenters. The van der Waals surface area contributed by atoms with Gasteiger partial charge in [0.05, 0.1) is 11.1 Å². The second-order valence-electron chi connectivity index (χ2n) is 4.21. The summed E-state index contributed by atoms with van der Waals surface area (Å²) in [6.45, 7) is 2.59. The Balaban J connectivity index is 3.68. The first-order chi connectivity index (χ1) is 9.33. The Bertz CT molecular complexity index is 556. The van der Waals surface area contributed by atoms with Gasteiger partial charge in [0.2, 0.25) is 0 Å². The first kappa shape index (κ1) is 15.6. The van der Waals surface area contributed by atoms with E-state index in [2.05, 4.69) is 10.6 Å². The van der Waals surface area contributed by atoms with Crippen LogP contribution in [0.5, 0.6) is 0 Å². The van der Waals surface area contributed by atoms with Gasteiger partial charge in [-0.1, -0.05) is 0 Å². The third kappa shape index (κ3) is 2.90. The molecule has 1 rings (SSSR count). The number of benzene rings is 1. The summed E-state index contributed by atoms with van der Waals surface area (Å²) >= 11 is 0. The third-order valence-corrected chi connectivity index (χ3v) is 2.86. The Morgan fingerprint density at radius 1 is 0.700 bits per heavy atom. The zero-order chi connectivity index (χ0) is 15.4. The van der Waals surface area contributed by atoms with E-state index in [1.54, 1.807) is 0 Å². The lowest BCUT2D eigenvalue weighted by atomic mass is 9.93. The number of nitrogens with one attached hydrogen (secondary N) is 2. The van der Waals surface area contributed by atoms with Crippen LogP contribution in [0.25, 0.3) is 0 Å². The fourth-order valence-electron chi connectivity index (χ4n) is 1.83. The highest BCUT2D eigenvalue weighted by molar-refractivity contribution is 6.14. The number of carbonyl (C=O) groups is 4.